The largest absolute Gasteiger partial charge is 0.341 e. The van der Waals surface area contributed by atoms with Gasteiger partial charge >= 0.3 is 0 Å². The fourth-order valence-corrected chi connectivity index (χ4v) is 4.32. The van der Waals surface area contributed by atoms with E-state index in [-0.39, 0.29) is 12.4 Å². The van der Waals surface area contributed by atoms with Crippen LogP contribution in [0.15, 0.2) is 0 Å². The zero-order chi connectivity index (χ0) is 18.7. The minimum atomic E-state index is 0. The zero-order valence-corrected chi connectivity index (χ0v) is 18.1. The van der Waals surface area contributed by atoms with E-state index in [0.29, 0.717) is 24.3 Å². The maximum Gasteiger partial charge on any atom is 0.222 e. The van der Waals surface area contributed by atoms with Crippen LogP contribution in [0.25, 0.3) is 0 Å². The standard InChI is InChI=1S/C20H35N5O.ClH/c1-15(2)13-25-17(4)19(16(3)22-25)5-6-20(26)24-10-7-18(14-24)23-11-8-21-9-12-23;/h15,18,21H,5-14H2,1-4H3;1H. The summed E-state index contributed by atoms with van der Waals surface area (Å²) in [5.41, 5.74) is 3.57. The third-order valence-electron chi connectivity index (χ3n) is 5.84. The lowest BCUT2D eigenvalue weighted by atomic mass is 10.1. The molecule has 3 rings (SSSR count). The van der Waals surface area contributed by atoms with Gasteiger partial charge in [-0.25, -0.2) is 0 Å². The summed E-state index contributed by atoms with van der Waals surface area (Å²) < 4.78 is 2.11. The van der Waals surface area contributed by atoms with Gasteiger partial charge in [-0.15, -0.1) is 12.4 Å². The normalized spacial score (nSPS) is 20.9. The molecule has 3 heterocycles. The second-order valence-electron chi connectivity index (χ2n) is 8.29. The van der Waals surface area contributed by atoms with Crippen LogP contribution in [0, 0.1) is 19.8 Å². The van der Waals surface area contributed by atoms with Gasteiger partial charge in [-0.05, 0) is 38.2 Å². The van der Waals surface area contributed by atoms with Crippen molar-refractivity contribution in [2.24, 2.45) is 5.92 Å². The maximum absolute atomic E-state index is 12.7. The van der Waals surface area contributed by atoms with E-state index in [9.17, 15) is 4.79 Å². The predicted molar refractivity (Wildman–Crippen MR) is 112 cm³/mol. The molecule has 1 atom stereocenters. The molecular weight excluding hydrogens is 362 g/mol. The molecule has 2 saturated heterocycles. The highest BCUT2D eigenvalue weighted by Crippen LogP contribution is 2.20. The number of likely N-dealkylation sites (tertiary alicyclic amines) is 1. The Hall–Kier alpha value is -1.11. The number of rotatable bonds is 6. The van der Waals surface area contributed by atoms with Gasteiger partial charge in [0.25, 0.3) is 0 Å². The molecular formula is C20H36ClN5O. The van der Waals surface area contributed by atoms with Crippen LogP contribution in [-0.4, -0.2) is 70.8 Å². The van der Waals surface area contributed by atoms with Crippen molar-refractivity contribution in [1.82, 2.24) is 24.9 Å². The molecule has 2 aliphatic heterocycles. The quantitative estimate of drug-likeness (QED) is 0.797. The zero-order valence-electron chi connectivity index (χ0n) is 17.3. The van der Waals surface area contributed by atoms with Gasteiger partial charge in [0.1, 0.15) is 0 Å². The van der Waals surface area contributed by atoms with Crippen LogP contribution in [0.3, 0.4) is 0 Å². The van der Waals surface area contributed by atoms with Crippen molar-refractivity contribution in [2.45, 2.75) is 59.5 Å². The minimum Gasteiger partial charge on any atom is -0.341 e. The lowest BCUT2D eigenvalue weighted by molar-refractivity contribution is -0.130. The molecule has 0 bridgehead atoms. The van der Waals surface area contributed by atoms with Gasteiger partial charge in [0.15, 0.2) is 0 Å². The molecule has 0 aromatic carbocycles. The summed E-state index contributed by atoms with van der Waals surface area (Å²) in [7, 11) is 0. The minimum absolute atomic E-state index is 0. The number of hydrogen-bond acceptors (Lipinski definition) is 4. The number of aromatic nitrogens is 2. The third kappa shape index (κ3) is 5.46. The van der Waals surface area contributed by atoms with E-state index in [1.807, 2.05) is 0 Å². The SMILES string of the molecule is Cc1nn(CC(C)C)c(C)c1CCC(=O)N1CCC(N2CCNCC2)C1.Cl. The Morgan fingerprint density at radius 1 is 1.22 bits per heavy atom. The van der Waals surface area contributed by atoms with Crippen molar-refractivity contribution in [3.8, 4) is 0 Å². The molecule has 1 unspecified atom stereocenters. The topological polar surface area (TPSA) is 53.4 Å². The van der Waals surface area contributed by atoms with Crippen LogP contribution < -0.4 is 5.32 Å². The molecule has 2 aliphatic rings. The van der Waals surface area contributed by atoms with E-state index in [2.05, 4.69) is 52.6 Å². The summed E-state index contributed by atoms with van der Waals surface area (Å²) in [6, 6.07) is 0.554. The Balaban J connectivity index is 0.00000261. The number of piperazine rings is 1. The van der Waals surface area contributed by atoms with Gasteiger partial charge in [-0.2, -0.15) is 5.10 Å². The Morgan fingerprint density at radius 3 is 2.59 bits per heavy atom. The van der Waals surface area contributed by atoms with E-state index in [4.69, 9.17) is 0 Å². The second kappa shape index (κ2) is 9.89. The predicted octanol–water partition coefficient (Wildman–Crippen LogP) is 2.02. The van der Waals surface area contributed by atoms with Crippen molar-refractivity contribution < 1.29 is 4.79 Å². The van der Waals surface area contributed by atoms with Crippen molar-refractivity contribution in [1.29, 1.82) is 0 Å². The van der Waals surface area contributed by atoms with Gasteiger partial charge in [0.05, 0.1) is 5.69 Å². The maximum atomic E-state index is 12.7. The van der Waals surface area contributed by atoms with Crippen LogP contribution in [-0.2, 0) is 17.8 Å². The molecule has 7 heteroatoms. The molecule has 2 fully saturated rings. The van der Waals surface area contributed by atoms with Crippen LogP contribution >= 0.6 is 12.4 Å². The molecule has 0 saturated carbocycles. The molecule has 0 radical (unpaired) electrons. The lowest BCUT2D eigenvalue weighted by Gasteiger charge is -2.32. The van der Waals surface area contributed by atoms with E-state index >= 15 is 0 Å². The number of halogens is 1. The highest BCUT2D eigenvalue weighted by atomic mass is 35.5. The Morgan fingerprint density at radius 2 is 1.93 bits per heavy atom. The summed E-state index contributed by atoms with van der Waals surface area (Å²) in [6.45, 7) is 15.8. The fourth-order valence-electron chi connectivity index (χ4n) is 4.32. The first-order valence-corrected chi connectivity index (χ1v) is 10.2. The molecule has 1 N–H and O–H groups in total. The molecule has 1 aromatic rings. The number of aryl methyl sites for hydroxylation is 1. The number of carbonyl (C=O) groups excluding carboxylic acids is 1. The Labute approximate surface area is 170 Å². The van der Waals surface area contributed by atoms with Gasteiger partial charge in [0.2, 0.25) is 5.91 Å². The number of amides is 1. The van der Waals surface area contributed by atoms with Crippen molar-refractivity contribution in [3.05, 3.63) is 17.0 Å². The first-order chi connectivity index (χ1) is 12.5. The summed E-state index contributed by atoms with van der Waals surface area (Å²) in [4.78, 5) is 17.4. The van der Waals surface area contributed by atoms with Gasteiger partial charge in [-0.3, -0.25) is 14.4 Å². The molecule has 6 nitrogen and oxygen atoms in total. The average molecular weight is 398 g/mol. The van der Waals surface area contributed by atoms with Crippen LogP contribution in [0.4, 0.5) is 0 Å². The van der Waals surface area contributed by atoms with Crippen LogP contribution in [0.2, 0.25) is 0 Å². The van der Waals surface area contributed by atoms with Crippen molar-refractivity contribution >= 4 is 18.3 Å². The lowest BCUT2D eigenvalue weighted by Crippen LogP contribution is -2.49. The highest BCUT2D eigenvalue weighted by Gasteiger charge is 2.30. The van der Waals surface area contributed by atoms with E-state index in [1.165, 1.54) is 11.3 Å². The first kappa shape index (κ1) is 22.2. The highest BCUT2D eigenvalue weighted by molar-refractivity contribution is 5.85. The molecule has 27 heavy (non-hydrogen) atoms. The summed E-state index contributed by atoms with van der Waals surface area (Å²) >= 11 is 0. The molecule has 1 amide bonds. The second-order valence-corrected chi connectivity index (χ2v) is 8.29. The number of carbonyl (C=O) groups is 1. The number of nitrogens with zero attached hydrogens (tertiary/aromatic N) is 4. The van der Waals surface area contributed by atoms with E-state index in [0.717, 1.165) is 64.3 Å². The first-order valence-electron chi connectivity index (χ1n) is 10.2. The van der Waals surface area contributed by atoms with Crippen molar-refractivity contribution in [2.75, 3.05) is 39.3 Å². The summed E-state index contributed by atoms with van der Waals surface area (Å²) in [5, 5.41) is 8.08. The van der Waals surface area contributed by atoms with Gasteiger partial charge < -0.3 is 10.2 Å². The summed E-state index contributed by atoms with van der Waals surface area (Å²) in [5.74, 6) is 0.882. The molecule has 154 valence electrons. The van der Waals surface area contributed by atoms with Gasteiger partial charge in [-0.1, -0.05) is 13.8 Å². The molecule has 1 aromatic heterocycles. The summed E-state index contributed by atoms with van der Waals surface area (Å²) in [6.07, 6.45) is 2.53. The smallest absolute Gasteiger partial charge is 0.222 e. The van der Waals surface area contributed by atoms with Crippen LogP contribution in [0.1, 0.15) is 43.6 Å². The third-order valence-corrected chi connectivity index (χ3v) is 5.84. The number of nitrogens with one attached hydrogen (secondary N) is 1. The molecule has 0 spiro atoms. The Bertz CT molecular complexity index is 624. The van der Waals surface area contributed by atoms with E-state index in [1.54, 1.807) is 0 Å². The fraction of sp³-hybridized carbons (Fsp3) is 0.800. The molecule has 0 aliphatic carbocycles. The van der Waals surface area contributed by atoms with Gasteiger partial charge in [0, 0.05) is 64.0 Å². The number of hydrogen-bond donors (Lipinski definition) is 1. The Kier molecular flexibility index (Phi) is 8.13. The monoisotopic (exact) mass is 397 g/mol. The van der Waals surface area contributed by atoms with E-state index < -0.39 is 0 Å². The average Bonchev–Trinajstić information content (AvgIpc) is 3.20. The van der Waals surface area contributed by atoms with Crippen molar-refractivity contribution in [3.63, 3.8) is 0 Å². The van der Waals surface area contributed by atoms with Crippen LogP contribution in [0.5, 0.6) is 0 Å².